The standard InChI is InChI=1S/C17H35N/c1-6-16(11-12-18(7-2)8-3)9-10-17-14(4)13-15(17)5/h14-17H,6-13H2,1-5H3. The zero-order chi connectivity index (χ0) is 13.5. The predicted molar refractivity (Wildman–Crippen MR) is 81.9 cm³/mol. The van der Waals surface area contributed by atoms with Gasteiger partial charge >= 0.3 is 0 Å². The highest BCUT2D eigenvalue weighted by Gasteiger charge is 2.34. The summed E-state index contributed by atoms with van der Waals surface area (Å²) < 4.78 is 0. The van der Waals surface area contributed by atoms with Gasteiger partial charge in [0, 0.05) is 0 Å². The molecule has 1 nitrogen and oxygen atoms in total. The summed E-state index contributed by atoms with van der Waals surface area (Å²) in [5, 5.41) is 0. The van der Waals surface area contributed by atoms with Crippen molar-refractivity contribution in [3.05, 3.63) is 0 Å². The maximum atomic E-state index is 2.57. The normalized spacial score (nSPS) is 29.3. The summed E-state index contributed by atoms with van der Waals surface area (Å²) in [7, 11) is 0. The van der Waals surface area contributed by atoms with Crippen molar-refractivity contribution in [2.75, 3.05) is 19.6 Å². The van der Waals surface area contributed by atoms with E-state index in [1.54, 1.807) is 0 Å². The smallest absolute Gasteiger partial charge is 0.00163 e. The minimum atomic E-state index is 0.964. The first-order chi connectivity index (χ1) is 8.62. The fraction of sp³-hybridized carbons (Fsp3) is 1.00. The van der Waals surface area contributed by atoms with Crippen molar-refractivity contribution in [2.45, 2.75) is 66.7 Å². The Morgan fingerprint density at radius 3 is 2.06 bits per heavy atom. The topological polar surface area (TPSA) is 3.24 Å². The minimum Gasteiger partial charge on any atom is -0.304 e. The van der Waals surface area contributed by atoms with E-state index in [1.165, 1.54) is 51.7 Å². The molecule has 0 aromatic carbocycles. The van der Waals surface area contributed by atoms with E-state index >= 15 is 0 Å². The van der Waals surface area contributed by atoms with Crippen LogP contribution in [0.1, 0.15) is 66.7 Å². The van der Waals surface area contributed by atoms with Gasteiger partial charge in [-0.05, 0) is 62.6 Å². The van der Waals surface area contributed by atoms with E-state index in [4.69, 9.17) is 0 Å². The average Bonchev–Trinajstić information content (AvgIpc) is 2.37. The molecule has 0 N–H and O–H groups in total. The molecule has 0 heterocycles. The first-order valence-corrected chi connectivity index (χ1v) is 8.34. The Morgan fingerprint density at radius 2 is 1.61 bits per heavy atom. The SMILES string of the molecule is CCC(CCC1C(C)CC1C)CCN(CC)CC. The predicted octanol–water partition coefficient (Wildman–Crippen LogP) is 4.82. The van der Waals surface area contributed by atoms with Gasteiger partial charge in [0.25, 0.3) is 0 Å². The Kier molecular flexibility index (Phi) is 7.29. The van der Waals surface area contributed by atoms with Crippen molar-refractivity contribution in [3.63, 3.8) is 0 Å². The maximum absolute atomic E-state index is 2.57. The lowest BCUT2D eigenvalue weighted by Gasteiger charge is -2.42. The second kappa shape index (κ2) is 8.19. The van der Waals surface area contributed by atoms with Crippen LogP contribution in [0.5, 0.6) is 0 Å². The minimum absolute atomic E-state index is 0.964. The van der Waals surface area contributed by atoms with Crippen molar-refractivity contribution in [2.24, 2.45) is 23.7 Å². The lowest BCUT2D eigenvalue weighted by molar-refractivity contribution is 0.0835. The molecule has 3 atom stereocenters. The molecule has 1 aliphatic carbocycles. The molecule has 1 rings (SSSR count). The molecule has 0 amide bonds. The van der Waals surface area contributed by atoms with Crippen LogP contribution in [0.4, 0.5) is 0 Å². The summed E-state index contributed by atoms with van der Waals surface area (Å²) in [5.74, 6) is 4.00. The van der Waals surface area contributed by atoms with Crippen LogP contribution in [0.25, 0.3) is 0 Å². The molecular formula is C17H35N. The second-order valence-electron chi connectivity index (χ2n) is 6.52. The average molecular weight is 253 g/mol. The van der Waals surface area contributed by atoms with Crippen molar-refractivity contribution in [3.8, 4) is 0 Å². The molecule has 0 bridgehead atoms. The van der Waals surface area contributed by atoms with Crippen molar-refractivity contribution in [1.82, 2.24) is 4.90 Å². The Balaban J connectivity index is 2.20. The Labute approximate surface area is 115 Å². The molecule has 1 saturated carbocycles. The van der Waals surface area contributed by atoms with Gasteiger partial charge < -0.3 is 4.90 Å². The summed E-state index contributed by atoms with van der Waals surface area (Å²) >= 11 is 0. The lowest BCUT2D eigenvalue weighted by Crippen LogP contribution is -2.33. The first-order valence-electron chi connectivity index (χ1n) is 8.34. The van der Waals surface area contributed by atoms with Crippen LogP contribution in [0.15, 0.2) is 0 Å². The summed E-state index contributed by atoms with van der Waals surface area (Å²) in [6, 6.07) is 0. The van der Waals surface area contributed by atoms with E-state index in [1.807, 2.05) is 0 Å². The zero-order valence-corrected chi connectivity index (χ0v) is 13.4. The number of rotatable bonds is 9. The van der Waals surface area contributed by atoms with E-state index in [-0.39, 0.29) is 0 Å². The Hall–Kier alpha value is -0.0400. The van der Waals surface area contributed by atoms with Crippen LogP contribution in [-0.4, -0.2) is 24.5 Å². The van der Waals surface area contributed by atoms with Crippen LogP contribution >= 0.6 is 0 Å². The second-order valence-corrected chi connectivity index (χ2v) is 6.52. The molecule has 0 aliphatic heterocycles. The highest BCUT2D eigenvalue weighted by atomic mass is 15.1. The van der Waals surface area contributed by atoms with Crippen molar-refractivity contribution >= 4 is 0 Å². The number of hydrogen-bond donors (Lipinski definition) is 0. The fourth-order valence-electron chi connectivity index (χ4n) is 3.76. The maximum Gasteiger partial charge on any atom is -0.00163 e. The third-order valence-electron chi connectivity index (χ3n) is 5.44. The van der Waals surface area contributed by atoms with Gasteiger partial charge in [0.2, 0.25) is 0 Å². The van der Waals surface area contributed by atoms with E-state index in [0.29, 0.717) is 0 Å². The van der Waals surface area contributed by atoms with E-state index in [9.17, 15) is 0 Å². The van der Waals surface area contributed by atoms with E-state index in [0.717, 1.165) is 23.7 Å². The van der Waals surface area contributed by atoms with Crippen LogP contribution in [0.2, 0.25) is 0 Å². The highest BCUT2D eigenvalue weighted by Crippen LogP contribution is 2.43. The molecule has 0 aromatic heterocycles. The quantitative estimate of drug-likeness (QED) is 0.569. The van der Waals surface area contributed by atoms with E-state index in [2.05, 4.69) is 39.5 Å². The van der Waals surface area contributed by atoms with Crippen LogP contribution in [-0.2, 0) is 0 Å². The monoisotopic (exact) mass is 253 g/mol. The molecule has 108 valence electrons. The van der Waals surface area contributed by atoms with Crippen molar-refractivity contribution in [1.29, 1.82) is 0 Å². The lowest BCUT2D eigenvalue weighted by atomic mass is 9.64. The van der Waals surface area contributed by atoms with Gasteiger partial charge in [-0.3, -0.25) is 0 Å². The fourth-order valence-corrected chi connectivity index (χ4v) is 3.76. The van der Waals surface area contributed by atoms with Gasteiger partial charge in [-0.15, -0.1) is 0 Å². The molecule has 1 aliphatic rings. The molecule has 0 radical (unpaired) electrons. The zero-order valence-electron chi connectivity index (χ0n) is 13.4. The van der Waals surface area contributed by atoms with Gasteiger partial charge in [-0.25, -0.2) is 0 Å². The Bertz CT molecular complexity index is 202. The molecule has 0 spiro atoms. The number of nitrogens with zero attached hydrogens (tertiary/aromatic N) is 1. The summed E-state index contributed by atoms with van der Waals surface area (Å²) in [4.78, 5) is 2.57. The molecule has 0 saturated heterocycles. The number of hydrogen-bond acceptors (Lipinski definition) is 1. The first kappa shape index (κ1) is 16.0. The van der Waals surface area contributed by atoms with Gasteiger partial charge in [-0.2, -0.15) is 0 Å². The van der Waals surface area contributed by atoms with Crippen LogP contribution in [0, 0.1) is 23.7 Å². The molecule has 1 heteroatoms. The Morgan fingerprint density at radius 1 is 1.00 bits per heavy atom. The van der Waals surface area contributed by atoms with Crippen LogP contribution in [0.3, 0.4) is 0 Å². The van der Waals surface area contributed by atoms with Gasteiger partial charge in [0.1, 0.15) is 0 Å². The molecule has 3 unspecified atom stereocenters. The molecule has 1 fully saturated rings. The summed E-state index contributed by atoms with van der Waals surface area (Å²) in [6.45, 7) is 15.6. The summed E-state index contributed by atoms with van der Waals surface area (Å²) in [6.07, 6.45) is 7.21. The van der Waals surface area contributed by atoms with Crippen LogP contribution < -0.4 is 0 Å². The molecular weight excluding hydrogens is 218 g/mol. The summed E-state index contributed by atoms with van der Waals surface area (Å²) in [5.41, 5.74) is 0. The highest BCUT2D eigenvalue weighted by molar-refractivity contribution is 4.84. The third-order valence-corrected chi connectivity index (χ3v) is 5.44. The molecule has 18 heavy (non-hydrogen) atoms. The third kappa shape index (κ3) is 4.57. The van der Waals surface area contributed by atoms with Gasteiger partial charge in [0.05, 0.1) is 0 Å². The van der Waals surface area contributed by atoms with Crippen molar-refractivity contribution < 1.29 is 0 Å². The van der Waals surface area contributed by atoms with E-state index < -0.39 is 0 Å². The molecule has 0 aromatic rings. The van der Waals surface area contributed by atoms with Gasteiger partial charge in [-0.1, -0.05) is 47.5 Å². The largest absolute Gasteiger partial charge is 0.304 e. The van der Waals surface area contributed by atoms with Gasteiger partial charge in [0.15, 0.2) is 0 Å².